The van der Waals surface area contributed by atoms with Crippen LogP contribution in [0.3, 0.4) is 0 Å². The Morgan fingerprint density at radius 2 is 2.05 bits per heavy atom. The highest BCUT2D eigenvalue weighted by molar-refractivity contribution is 5.79. The molecular weight excluding hydrogens is 276 g/mol. The van der Waals surface area contributed by atoms with Gasteiger partial charge in [0.2, 0.25) is 0 Å². The Morgan fingerprint density at radius 1 is 1.27 bits per heavy atom. The third kappa shape index (κ3) is 6.10. The second-order valence-electron chi connectivity index (χ2n) is 6.02. The molecular formula is C17H30N4O. The molecule has 1 heterocycles. The molecule has 1 aromatic rings. The second kappa shape index (κ2) is 9.51. The normalized spacial score (nSPS) is 17.3. The van der Waals surface area contributed by atoms with Crippen molar-refractivity contribution in [3.63, 3.8) is 0 Å². The van der Waals surface area contributed by atoms with E-state index in [4.69, 9.17) is 4.74 Å². The average Bonchev–Trinajstić information content (AvgIpc) is 2.78. The van der Waals surface area contributed by atoms with E-state index >= 15 is 0 Å². The van der Waals surface area contributed by atoms with Crippen LogP contribution in [0.2, 0.25) is 0 Å². The van der Waals surface area contributed by atoms with Crippen LogP contribution in [0.1, 0.15) is 44.1 Å². The summed E-state index contributed by atoms with van der Waals surface area (Å²) in [6.45, 7) is 2.33. The van der Waals surface area contributed by atoms with Crippen LogP contribution in [-0.2, 0) is 18.3 Å². The fourth-order valence-electron chi connectivity index (χ4n) is 2.88. The summed E-state index contributed by atoms with van der Waals surface area (Å²) in [5.41, 5.74) is 1.25. The molecule has 0 radical (unpaired) electrons. The van der Waals surface area contributed by atoms with E-state index < -0.39 is 0 Å². The molecule has 0 unspecified atom stereocenters. The number of hydrogen-bond acceptors (Lipinski definition) is 2. The summed E-state index contributed by atoms with van der Waals surface area (Å²) in [5.74, 6) is 0.827. The van der Waals surface area contributed by atoms with Crippen molar-refractivity contribution in [2.75, 3.05) is 20.2 Å². The molecule has 0 bridgehead atoms. The highest BCUT2D eigenvalue weighted by Gasteiger charge is 2.12. The van der Waals surface area contributed by atoms with Crippen LogP contribution in [0.5, 0.6) is 0 Å². The first-order valence-corrected chi connectivity index (χ1v) is 8.45. The molecule has 124 valence electrons. The lowest BCUT2D eigenvalue weighted by atomic mass is 10.1. The Bertz CT molecular complexity index is 447. The molecule has 1 saturated carbocycles. The Balaban J connectivity index is 1.59. The highest BCUT2D eigenvalue weighted by atomic mass is 16.5. The summed E-state index contributed by atoms with van der Waals surface area (Å²) in [6, 6.07) is 2.11. The van der Waals surface area contributed by atoms with E-state index in [1.54, 1.807) is 7.05 Å². The monoisotopic (exact) mass is 306 g/mol. The van der Waals surface area contributed by atoms with E-state index in [1.807, 2.05) is 17.8 Å². The van der Waals surface area contributed by atoms with Crippen molar-refractivity contribution < 1.29 is 4.74 Å². The van der Waals surface area contributed by atoms with Crippen LogP contribution in [0, 0.1) is 0 Å². The van der Waals surface area contributed by atoms with Crippen molar-refractivity contribution in [3.8, 4) is 0 Å². The van der Waals surface area contributed by atoms with Gasteiger partial charge in [0.1, 0.15) is 0 Å². The maximum absolute atomic E-state index is 5.98. The fraction of sp³-hybridized carbons (Fsp3) is 0.706. The molecule has 0 spiro atoms. The Hall–Kier alpha value is -1.49. The quantitative estimate of drug-likeness (QED) is 0.367. The summed E-state index contributed by atoms with van der Waals surface area (Å²) < 4.78 is 8.02. The number of nitrogens with zero attached hydrogens (tertiary/aromatic N) is 2. The van der Waals surface area contributed by atoms with E-state index in [0.717, 1.165) is 25.7 Å². The van der Waals surface area contributed by atoms with E-state index in [1.165, 1.54) is 44.1 Å². The largest absolute Gasteiger partial charge is 0.376 e. The van der Waals surface area contributed by atoms with Crippen LogP contribution in [-0.4, -0.2) is 36.8 Å². The molecule has 0 saturated heterocycles. The van der Waals surface area contributed by atoms with Gasteiger partial charge >= 0.3 is 0 Å². The molecule has 22 heavy (non-hydrogen) atoms. The van der Waals surface area contributed by atoms with Gasteiger partial charge in [0, 0.05) is 39.6 Å². The van der Waals surface area contributed by atoms with Crippen molar-refractivity contribution >= 4 is 5.96 Å². The first-order valence-electron chi connectivity index (χ1n) is 8.45. The van der Waals surface area contributed by atoms with Gasteiger partial charge in [0.05, 0.1) is 12.7 Å². The van der Waals surface area contributed by atoms with Crippen molar-refractivity contribution in [2.45, 2.75) is 51.2 Å². The molecule has 2 N–H and O–H groups in total. The molecule has 0 aromatic carbocycles. The predicted molar refractivity (Wildman–Crippen MR) is 91.1 cm³/mol. The molecule has 1 aliphatic carbocycles. The van der Waals surface area contributed by atoms with E-state index in [2.05, 4.69) is 27.9 Å². The van der Waals surface area contributed by atoms with E-state index in [9.17, 15) is 0 Å². The van der Waals surface area contributed by atoms with Gasteiger partial charge in [0.25, 0.3) is 0 Å². The van der Waals surface area contributed by atoms with Crippen molar-refractivity contribution in [3.05, 3.63) is 24.0 Å². The third-order valence-electron chi connectivity index (χ3n) is 4.13. The van der Waals surface area contributed by atoms with Gasteiger partial charge < -0.3 is 19.9 Å². The standard InChI is InChI=1S/C17H30N4O/c1-18-17(20-13-15-9-11-21(2)14-15)19-10-12-22-16-7-5-3-4-6-8-16/h9,11,14,16H,3-8,10,12-13H2,1-2H3,(H2,18,19,20). The molecule has 1 aromatic heterocycles. The minimum atomic E-state index is 0.462. The Kier molecular flexibility index (Phi) is 7.30. The molecule has 0 atom stereocenters. The van der Waals surface area contributed by atoms with Gasteiger partial charge in [-0.1, -0.05) is 25.7 Å². The minimum absolute atomic E-state index is 0.462. The van der Waals surface area contributed by atoms with Crippen LogP contribution >= 0.6 is 0 Å². The second-order valence-corrected chi connectivity index (χ2v) is 6.02. The summed E-state index contributed by atoms with van der Waals surface area (Å²) in [5, 5.41) is 6.63. The lowest BCUT2D eigenvalue weighted by Gasteiger charge is -2.16. The number of nitrogens with one attached hydrogen (secondary N) is 2. The Labute approximate surface area is 134 Å². The number of hydrogen-bond donors (Lipinski definition) is 2. The van der Waals surface area contributed by atoms with Gasteiger partial charge in [-0.2, -0.15) is 0 Å². The fourth-order valence-corrected chi connectivity index (χ4v) is 2.88. The number of aliphatic imine (C=N–C) groups is 1. The predicted octanol–water partition coefficient (Wildman–Crippen LogP) is 2.43. The van der Waals surface area contributed by atoms with Crippen LogP contribution < -0.4 is 10.6 Å². The van der Waals surface area contributed by atoms with Crippen molar-refractivity contribution in [1.29, 1.82) is 0 Å². The zero-order valence-corrected chi connectivity index (χ0v) is 14.0. The molecule has 0 amide bonds. The van der Waals surface area contributed by atoms with Crippen LogP contribution in [0.25, 0.3) is 0 Å². The number of ether oxygens (including phenoxy) is 1. The zero-order chi connectivity index (χ0) is 15.6. The maximum atomic E-state index is 5.98. The van der Waals surface area contributed by atoms with Gasteiger partial charge in [0.15, 0.2) is 5.96 Å². The lowest BCUT2D eigenvalue weighted by molar-refractivity contribution is 0.0468. The number of rotatable bonds is 6. The Morgan fingerprint density at radius 3 is 2.68 bits per heavy atom. The van der Waals surface area contributed by atoms with Gasteiger partial charge in [-0.3, -0.25) is 4.99 Å². The molecule has 2 rings (SSSR count). The summed E-state index contributed by atoms with van der Waals surface area (Å²) in [7, 11) is 3.83. The first-order chi connectivity index (χ1) is 10.8. The van der Waals surface area contributed by atoms with E-state index in [-0.39, 0.29) is 0 Å². The number of aromatic nitrogens is 1. The lowest BCUT2D eigenvalue weighted by Crippen LogP contribution is -2.38. The average molecular weight is 306 g/mol. The summed E-state index contributed by atoms with van der Waals surface area (Å²) in [6.07, 6.45) is 12.4. The van der Waals surface area contributed by atoms with Gasteiger partial charge in [-0.15, -0.1) is 0 Å². The number of aryl methyl sites for hydroxylation is 1. The third-order valence-corrected chi connectivity index (χ3v) is 4.13. The zero-order valence-electron chi connectivity index (χ0n) is 14.0. The molecule has 0 aliphatic heterocycles. The van der Waals surface area contributed by atoms with Crippen LogP contribution in [0.4, 0.5) is 0 Å². The summed E-state index contributed by atoms with van der Waals surface area (Å²) in [4.78, 5) is 4.24. The van der Waals surface area contributed by atoms with Crippen molar-refractivity contribution in [1.82, 2.24) is 15.2 Å². The molecule has 1 fully saturated rings. The maximum Gasteiger partial charge on any atom is 0.191 e. The summed E-state index contributed by atoms with van der Waals surface area (Å²) >= 11 is 0. The van der Waals surface area contributed by atoms with Crippen LogP contribution in [0.15, 0.2) is 23.5 Å². The van der Waals surface area contributed by atoms with Crippen molar-refractivity contribution in [2.24, 2.45) is 12.0 Å². The highest BCUT2D eigenvalue weighted by Crippen LogP contribution is 2.19. The smallest absolute Gasteiger partial charge is 0.191 e. The van der Waals surface area contributed by atoms with Gasteiger partial charge in [-0.25, -0.2) is 0 Å². The molecule has 5 heteroatoms. The number of guanidine groups is 1. The minimum Gasteiger partial charge on any atom is -0.376 e. The first kappa shape index (κ1) is 16.9. The topological polar surface area (TPSA) is 50.6 Å². The van der Waals surface area contributed by atoms with Gasteiger partial charge in [-0.05, 0) is 24.5 Å². The van der Waals surface area contributed by atoms with E-state index in [0.29, 0.717) is 6.10 Å². The molecule has 5 nitrogen and oxygen atoms in total. The molecule has 1 aliphatic rings. The SMILES string of the molecule is CN=C(NCCOC1CCCCCC1)NCc1ccn(C)c1.